The molecule has 0 atom stereocenters. The van der Waals surface area contributed by atoms with E-state index in [1.165, 1.54) is 24.4 Å². The number of benzene rings is 1. The van der Waals surface area contributed by atoms with Crippen LogP contribution in [-0.2, 0) is 37.3 Å². The van der Waals surface area contributed by atoms with Gasteiger partial charge in [-0.05, 0) is 22.9 Å². The number of alkyl halides is 6. The molecule has 2 rings (SSSR count). The molecule has 0 amide bonds. The molecule has 0 saturated carbocycles. The molecular weight excluding hydrogens is 568 g/mol. The summed E-state index contributed by atoms with van der Waals surface area (Å²) in [6, 6.07) is 6.83. The molecule has 0 aliphatic rings. The van der Waals surface area contributed by atoms with Gasteiger partial charge in [0.05, 0.1) is 0 Å². The van der Waals surface area contributed by atoms with Crippen LogP contribution in [-0.4, -0.2) is 20.6 Å². The van der Waals surface area contributed by atoms with E-state index in [0.29, 0.717) is 6.07 Å². The van der Waals surface area contributed by atoms with Crippen molar-refractivity contribution in [2.45, 2.75) is 32.0 Å². The number of halogens is 6. The van der Waals surface area contributed by atoms with Crippen LogP contribution in [0.15, 0.2) is 36.5 Å². The first-order valence-corrected chi connectivity index (χ1v) is 10.0. The number of carbonyl (C=O) groups excluding carboxylic acids is 1. The van der Waals surface area contributed by atoms with Crippen LogP contribution in [0.25, 0.3) is 11.3 Å². The van der Waals surface area contributed by atoms with Crippen molar-refractivity contribution in [3.8, 4) is 11.3 Å². The summed E-state index contributed by atoms with van der Waals surface area (Å²) in [5.41, 5.74) is -3.23. The summed E-state index contributed by atoms with van der Waals surface area (Å²) >= 11 is 0. The molecule has 1 heterocycles. The summed E-state index contributed by atoms with van der Waals surface area (Å²) < 4.78 is 75.8. The standard InChI is InChI=1S/C13H6F6N.C3H9Si.CO.Ir/c14-12(15,16)9-5-8(11-3-1-2-4-20-11)6-10(7-9)13(17,18)19;1-4(2)3;1-2;/h1-5,7H;1-3H3;;/q-1;;-1;. The molecule has 2 aromatic rings. The third-order valence-corrected chi connectivity index (χ3v) is 2.44. The van der Waals surface area contributed by atoms with Crippen molar-refractivity contribution in [1.82, 2.24) is 4.98 Å². The van der Waals surface area contributed by atoms with Crippen LogP contribution < -0.4 is 0 Å². The summed E-state index contributed by atoms with van der Waals surface area (Å²) in [6.07, 6.45) is -8.51. The minimum Gasteiger partial charge on any atom is -0.573 e. The van der Waals surface area contributed by atoms with E-state index in [1.807, 2.05) is 6.07 Å². The molecule has 0 unspecified atom stereocenters. The normalized spacial score (nSPS) is 10.7. The fourth-order valence-corrected chi connectivity index (χ4v) is 1.55. The fourth-order valence-electron chi connectivity index (χ4n) is 1.55. The summed E-state index contributed by atoms with van der Waals surface area (Å²) in [6.45, 7) is 11.3. The van der Waals surface area contributed by atoms with Gasteiger partial charge in [-0.25, -0.2) is 0 Å². The van der Waals surface area contributed by atoms with Gasteiger partial charge in [-0.3, -0.25) is 0 Å². The molecule has 2 nitrogen and oxygen atoms in total. The molecule has 1 aromatic carbocycles. The largest absolute Gasteiger partial charge is 0.573 e. The Kier molecular flexibility index (Phi) is 12.4. The molecule has 0 aliphatic carbocycles. The average Bonchev–Trinajstić information content (AvgIpc) is 2.55. The number of hydrogen-bond acceptors (Lipinski definition) is 2. The first kappa shape index (κ1) is 27.7. The molecule has 0 spiro atoms. The van der Waals surface area contributed by atoms with Crippen molar-refractivity contribution in [3.05, 3.63) is 53.7 Å². The molecule has 0 saturated heterocycles. The second kappa shape index (κ2) is 12.0. The van der Waals surface area contributed by atoms with E-state index in [0.717, 1.165) is 0 Å². The zero-order chi connectivity index (χ0) is 20.5. The maximum atomic E-state index is 12.7. The van der Waals surface area contributed by atoms with Crippen LogP contribution in [0.5, 0.6) is 0 Å². The Morgan fingerprint density at radius 1 is 0.963 bits per heavy atom. The van der Waals surface area contributed by atoms with Gasteiger partial charge in [-0.15, -0.1) is 23.8 Å². The Labute approximate surface area is 169 Å². The van der Waals surface area contributed by atoms with E-state index in [4.69, 9.17) is 4.79 Å². The Hall–Kier alpha value is -1.51. The maximum absolute atomic E-state index is 12.7. The minimum atomic E-state index is -4.91. The predicted octanol–water partition coefficient (Wildman–Crippen LogP) is 5.56. The minimum absolute atomic E-state index is 0. The van der Waals surface area contributed by atoms with Crippen molar-refractivity contribution in [2.24, 2.45) is 0 Å². The number of hydrogen-bond donors (Lipinski definition) is 0. The summed E-state index contributed by atoms with van der Waals surface area (Å²) in [5.74, 6) is 0. The Morgan fingerprint density at radius 3 is 1.85 bits per heavy atom. The zero-order valence-corrected chi connectivity index (χ0v) is 17.8. The van der Waals surface area contributed by atoms with Crippen molar-refractivity contribution < 1.29 is 51.2 Å². The maximum Gasteiger partial charge on any atom is 0.399 e. The van der Waals surface area contributed by atoms with Crippen LogP contribution in [0.2, 0.25) is 19.6 Å². The van der Waals surface area contributed by atoms with E-state index >= 15 is 0 Å². The number of pyridine rings is 1. The van der Waals surface area contributed by atoms with Gasteiger partial charge < -0.3 is 16.6 Å². The van der Waals surface area contributed by atoms with Crippen molar-refractivity contribution in [3.63, 3.8) is 0 Å². The molecule has 0 N–H and O–H groups in total. The predicted molar refractivity (Wildman–Crippen MR) is 87.6 cm³/mol. The van der Waals surface area contributed by atoms with Gasteiger partial charge in [0.1, 0.15) is 0 Å². The monoisotopic (exact) mass is 584 g/mol. The van der Waals surface area contributed by atoms with Gasteiger partial charge in [-0.2, -0.15) is 26.3 Å². The molecule has 0 aliphatic heterocycles. The Bertz CT molecular complexity index is 642. The number of rotatable bonds is 1. The molecule has 0 fully saturated rings. The molecule has 151 valence electrons. The number of aromatic nitrogens is 1. The smallest absolute Gasteiger partial charge is 0.399 e. The van der Waals surface area contributed by atoms with Gasteiger partial charge in [0.2, 0.25) is 0 Å². The van der Waals surface area contributed by atoms with Crippen molar-refractivity contribution in [1.29, 1.82) is 0 Å². The average molecular weight is 584 g/mol. The van der Waals surface area contributed by atoms with E-state index < -0.39 is 23.5 Å². The molecule has 1 aromatic heterocycles. The fraction of sp³-hybridized carbons (Fsp3) is 0.294. The SMILES string of the molecule is C[Si](C)C.FC(F)(F)c1[c-]c(-c2ccccn2)cc(C(F)(F)F)c1.[C-]=O.[Ir]. The first-order valence-electron chi connectivity index (χ1n) is 7.01. The van der Waals surface area contributed by atoms with Crippen LogP contribution in [0.1, 0.15) is 11.1 Å². The third-order valence-electron chi connectivity index (χ3n) is 2.44. The summed E-state index contributed by atoms with van der Waals surface area (Å²) in [5, 5.41) is 0. The second-order valence-electron chi connectivity index (χ2n) is 5.41. The van der Waals surface area contributed by atoms with Crippen LogP contribution >= 0.6 is 0 Å². The Morgan fingerprint density at radius 2 is 1.48 bits per heavy atom. The number of nitrogens with zero attached hydrogens (tertiary/aromatic N) is 1. The summed E-state index contributed by atoms with van der Waals surface area (Å²) in [4.78, 5) is 11.2. The van der Waals surface area contributed by atoms with Gasteiger partial charge in [0.15, 0.2) is 0 Å². The van der Waals surface area contributed by atoms with Crippen LogP contribution in [0.3, 0.4) is 0 Å². The van der Waals surface area contributed by atoms with Gasteiger partial charge in [-0.1, -0.05) is 31.8 Å². The van der Waals surface area contributed by atoms with E-state index in [9.17, 15) is 26.3 Å². The van der Waals surface area contributed by atoms with Crippen LogP contribution in [0, 0.1) is 6.07 Å². The van der Waals surface area contributed by atoms with Gasteiger partial charge in [0, 0.05) is 35.1 Å². The molecule has 3 radical (unpaired) electrons. The van der Waals surface area contributed by atoms with Crippen molar-refractivity contribution in [2.75, 3.05) is 0 Å². The third kappa shape index (κ3) is 10.4. The second-order valence-corrected chi connectivity index (χ2v) is 8.41. The van der Waals surface area contributed by atoms with Crippen molar-refractivity contribution >= 4 is 15.6 Å². The molecule has 10 heteroatoms. The van der Waals surface area contributed by atoms with Crippen LogP contribution in [0.4, 0.5) is 26.3 Å². The summed E-state index contributed by atoms with van der Waals surface area (Å²) in [7, 11) is 0.120. The molecule has 0 bridgehead atoms. The zero-order valence-electron chi connectivity index (χ0n) is 14.4. The van der Waals surface area contributed by atoms with E-state index in [1.54, 1.807) is 0 Å². The first-order chi connectivity index (χ1) is 11.9. The van der Waals surface area contributed by atoms with Gasteiger partial charge >= 0.3 is 12.4 Å². The van der Waals surface area contributed by atoms with Gasteiger partial charge in [0.25, 0.3) is 0 Å². The molecule has 27 heavy (non-hydrogen) atoms. The van der Waals surface area contributed by atoms with E-state index in [-0.39, 0.29) is 46.2 Å². The van der Waals surface area contributed by atoms with E-state index in [2.05, 4.69) is 31.4 Å². The quantitative estimate of drug-likeness (QED) is 0.250. The molecular formula is C17H15F6IrNOSi-2. The Balaban J connectivity index is 0. The topological polar surface area (TPSA) is 30.0 Å².